The summed E-state index contributed by atoms with van der Waals surface area (Å²) in [6, 6.07) is 0. The molecule has 266 valence electrons. The van der Waals surface area contributed by atoms with Crippen LogP contribution in [0.5, 0.6) is 0 Å². The molecule has 1 aromatic rings. The van der Waals surface area contributed by atoms with Crippen molar-refractivity contribution in [3.05, 3.63) is 18.0 Å². The van der Waals surface area contributed by atoms with Crippen LogP contribution in [-0.4, -0.2) is 141 Å². The van der Waals surface area contributed by atoms with Crippen LogP contribution >= 0.6 is 0 Å². The molecule has 0 bridgehead atoms. The molecule has 3 saturated heterocycles. The number of aliphatic carboxylic acids is 3. The molecule has 2 atom stereocenters. The fraction of sp³-hybridized carbons (Fsp3) is 0.760. The molecule has 1 aromatic heterocycles. The van der Waals surface area contributed by atoms with Crippen LogP contribution in [0, 0.1) is 0 Å². The molecular weight excluding hydrogens is 653 g/mol. The lowest BCUT2D eigenvalue weighted by Crippen LogP contribution is -2.51. The number of nitrogens with zero attached hydrogens (tertiary/aromatic N) is 5. The van der Waals surface area contributed by atoms with Gasteiger partial charge in [-0.05, 0) is 32.7 Å². The summed E-state index contributed by atoms with van der Waals surface area (Å²) < 4.78 is 104. The third kappa shape index (κ3) is 15.4. The van der Waals surface area contributed by atoms with Crippen molar-refractivity contribution in [3.63, 3.8) is 0 Å². The average molecular weight is 690 g/mol. The van der Waals surface area contributed by atoms with E-state index in [1.807, 2.05) is 17.9 Å². The maximum Gasteiger partial charge on any atom is 0.490 e. The van der Waals surface area contributed by atoms with E-state index in [-0.39, 0.29) is 5.60 Å². The van der Waals surface area contributed by atoms with Gasteiger partial charge >= 0.3 is 36.4 Å². The van der Waals surface area contributed by atoms with E-state index < -0.39 is 36.4 Å². The van der Waals surface area contributed by atoms with Crippen LogP contribution in [0.1, 0.15) is 31.2 Å². The van der Waals surface area contributed by atoms with Crippen molar-refractivity contribution in [1.82, 2.24) is 24.5 Å². The van der Waals surface area contributed by atoms with Crippen LogP contribution < -0.4 is 0 Å². The molecule has 0 aromatic carbocycles. The highest BCUT2D eigenvalue weighted by atomic mass is 19.4. The number of carboxylic acid groups (broad SMARTS) is 3. The summed E-state index contributed by atoms with van der Waals surface area (Å²) in [5.41, 5.74) is 1.42. The van der Waals surface area contributed by atoms with Gasteiger partial charge in [-0.3, -0.25) is 14.5 Å². The third-order valence-electron chi connectivity index (χ3n) is 6.92. The maximum atomic E-state index is 10.6. The number of carbonyl (C=O) groups is 3. The quantitative estimate of drug-likeness (QED) is 0.401. The van der Waals surface area contributed by atoms with E-state index in [1.165, 1.54) is 57.4 Å². The molecule has 1 spiro atoms. The largest absolute Gasteiger partial charge is 0.490 e. The van der Waals surface area contributed by atoms with Crippen LogP contribution in [-0.2, 0) is 32.7 Å². The maximum absolute atomic E-state index is 10.6. The molecule has 0 aliphatic carbocycles. The Morgan fingerprint density at radius 3 is 1.72 bits per heavy atom. The first kappa shape index (κ1) is 40.9. The average Bonchev–Trinajstić information content (AvgIpc) is 3.50. The van der Waals surface area contributed by atoms with E-state index in [1.54, 1.807) is 0 Å². The van der Waals surface area contributed by atoms with Crippen LogP contribution in [0.3, 0.4) is 0 Å². The molecule has 12 nitrogen and oxygen atoms in total. The highest BCUT2D eigenvalue weighted by molar-refractivity contribution is 5.73. The topological polar surface area (TPSA) is 149 Å². The number of ether oxygens (including phenoxy) is 1. The number of hydrogen-bond donors (Lipinski definition) is 3. The van der Waals surface area contributed by atoms with E-state index in [2.05, 4.69) is 33.0 Å². The first-order chi connectivity index (χ1) is 20.9. The number of alkyl halides is 9. The molecule has 3 N–H and O–H groups in total. The molecule has 0 saturated carbocycles. The van der Waals surface area contributed by atoms with Crippen molar-refractivity contribution in [3.8, 4) is 0 Å². The SMILES string of the molecule is CN1CCN(C[C@H]2CCC[C@]3(CCN(Cc4cnn(C)c4)C3)O2)CC1.O=C(O)C(F)(F)F.O=C(O)C(F)(F)F.O=C(O)C(F)(F)F. The highest BCUT2D eigenvalue weighted by Crippen LogP contribution is 2.37. The lowest BCUT2D eigenvalue weighted by molar-refractivity contribution is -0.193. The minimum absolute atomic E-state index is 0.109. The van der Waals surface area contributed by atoms with Crippen LogP contribution in [0.4, 0.5) is 39.5 Å². The second-order valence-corrected chi connectivity index (χ2v) is 10.8. The van der Waals surface area contributed by atoms with Gasteiger partial charge in [0.2, 0.25) is 0 Å². The summed E-state index contributed by atoms with van der Waals surface area (Å²) in [4.78, 5) is 34.3. The number of aryl methyl sites for hydroxylation is 1. The van der Waals surface area contributed by atoms with E-state index in [0.717, 1.165) is 26.2 Å². The van der Waals surface area contributed by atoms with Gasteiger partial charge in [-0.25, -0.2) is 14.4 Å². The Hall–Kier alpha value is -3.17. The summed E-state index contributed by atoms with van der Waals surface area (Å²) in [6.45, 7) is 9.12. The van der Waals surface area contributed by atoms with Crippen molar-refractivity contribution >= 4 is 17.9 Å². The number of hydrogen-bond acceptors (Lipinski definition) is 8. The number of likely N-dealkylation sites (tertiary alicyclic amines) is 1. The number of carboxylic acids is 3. The Labute approximate surface area is 257 Å². The molecule has 0 unspecified atom stereocenters. The van der Waals surface area contributed by atoms with Gasteiger partial charge in [0, 0.05) is 71.2 Å². The van der Waals surface area contributed by atoms with Crippen molar-refractivity contribution < 1.29 is 74.0 Å². The first-order valence-electron chi connectivity index (χ1n) is 13.6. The van der Waals surface area contributed by atoms with Crippen LogP contribution in [0.15, 0.2) is 12.4 Å². The second-order valence-electron chi connectivity index (χ2n) is 10.8. The number of piperazine rings is 1. The molecule has 4 rings (SSSR count). The molecular formula is C25H36F9N5O7. The van der Waals surface area contributed by atoms with Crippen LogP contribution in [0.2, 0.25) is 0 Å². The predicted molar refractivity (Wildman–Crippen MR) is 140 cm³/mol. The summed E-state index contributed by atoms with van der Waals surface area (Å²) in [5.74, 6) is -8.27. The number of rotatable bonds is 4. The minimum atomic E-state index is -5.08. The zero-order valence-electron chi connectivity index (χ0n) is 24.8. The lowest BCUT2D eigenvalue weighted by atomic mass is 9.90. The first-order valence-corrected chi connectivity index (χ1v) is 13.6. The Bertz CT molecular complexity index is 1070. The van der Waals surface area contributed by atoms with Gasteiger partial charge in [0.25, 0.3) is 0 Å². The number of likely N-dealkylation sites (N-methyl/N-ethyl adjacent to an activating group) is 1. The molecule has 3 aliphatic heterocycles. The summed E-state index contributed by atoms with van der Waals surface area (Å²) in [5, 5.41) is 25.7. The summed E-state index contributed by atoms with van der Waals surface area (Å²) >= 11 is 0. The lowest BCUT2D eigenvalue weighted by Gasteiger charge is -2.42. The Morgan fingerprint density at radius 2 is 1.30 bits per heavy atom. The number of halogens is 9. The predicted octanol–water partition coefficient (Wildman–Crippen LogP) is 3.08. The fourth-order valence-electron chi connectivity index (χ4n) is 4.74. The molecule has 4 heterocycles. The molecule has 0 amide bonds. The van der Waals surface area contributed by atoms with Gasteiger partial charge in [0.05, 0.1) is 17.9 Å². The second kappa shape index (κ2) is 17.1. The molecule has 46 heavy (non-hydrogen) atoms. The van der Waals surface area contributed by atoms with Gasteiger partial charge in [-0.2, -0.15) is 44.6 Å². The van der Waals surface area contributed by atoms with E-state index in [9.17, 15) is 39.5 Å². The van der Waals surface area contributed by atoms with Gasteiger partial charge in [0.15, 0.2) is 0 Å². The van der Waals surface area contributed by atoms with Crippen molar-refractivity contribution in [2.45, 2.75) is 62.5 Å². The standard InChI is InChI=1S/C19H33N5O.3C2HF3O2/c1-21-8-10-23(11-9-21)15-18-4-3-5-19(25-18)6-7-24(16-19)14-17-12-20-22(2)13-17;3*3-2(4,5)1(6)7/h12-13,18H,3-11,14-16H2,1-2H3;3*(H,6,7)/t18-,19-;;;/m1.../s1. The smallest absolute Gasteiger partial charge is 0.475 e. The molecule has 3 aliphatic rings. The van der Waals surface area contributed by atoms with Crippen molar-refractivity contribution in [2.24, 2.45) is 7.05 Å². The minimum Gasteiger partial charge on any atom is -0.475 e. The molecule has 0 radical (unpaired) electrons. The normalized spacial score (nSPS) is 22.9. The zero-order valence-corrected chi connectivity index (χ0v) is 24.8. The Kier molecular flexibility index (Phi) is 15.2. The Morgan fingerprint density at radius 1 is 0.826 bits per heavy atom. The highest BCUT2D eigenvalue weighted by Gasteiger charge is 2.43. The van der Waals surface area contributed by atoms with E-state index >= 15 is 0 Å². The third-order valence-corrected chi connectivity index (χ3v) is 6.92. The number of aromatic nitrogens is 2. The zero-order chi connectivity index (χ0) is 35.5. The van der Waals surface area contributed by atoms with Crippen molar-refractivity contribution in [1.29, 1.82) is 0 Å². The molecule has 21 heteroatoms. The van der Waals surface area contributed by atoms with Gasteiger partial charge in [-0.1, -0.05) is 0 Å². The van der Waals surface area contributed by atoms with E-state index in [0.29, 0.717) is 6.10 Å². The summed E-state index contributed by atoms with van der Waals surface area (Å²) in [6.07, 6.45) is -5.74. The molecule has 3 fully saturated rings. The van der Waals surface area contributed by atoms with Gasteiger partial charge in [0.1, 0.15) is 0 Å². The fourth-order valence-corrected chi connectivity index (χ4v) is 4.74. The van der Waals surface area contributed by atoms with Crippen molar-refractivity contribution in [2.75, 3.05) is 52.9 Å². The van der Waals surface area contributed by atoms with Crippen LogP contribution in [0.25, 0.3) is 0 Å². The monoisotopic (exact) mass is 689 g/mol. The Balaban J connectivity index is 0.000000413. The summed E-state index contributed by atoms with van der Waals surface area (Å²) in [7, 11) is 4.21. The van der Waals surface area contributed by atoms with Gasteiger partial charge < -0.3 is 25.0 Å². The van der Waals surface area contributed by atoms with Gasteiger partial charge in [-0.15, -0.1) is 0 Å². The van der Waals surface area contributed by atoms with E-state index in [4.69, 9.17) is 34.4 Å².